The minimum absolute atomic E-state index is 0.0337. The summed E-state index contributed by atoms with van der Waals surface area (Å²) >= 11 is 0. The highest BCUT2D eigenvalue weighted by molar-refractivity contribution is 7.89. The number of H-pyrrole nitrogens is 1. The Labute approximate surface area is 167 Å². The SMILES string of the molecule is O=C(Nc1ccc2[nH]ncc2c1)c1cccc(S(=O)(=O)NCc2ccccc2)c1. The van der Waals surface area contributed by atoms with Gasteiger partial charge in [-0.15, -0.1) is 0 Å². The fourth-order valence-corrected chi connectivity index (χ4v) is 3.95. The molecule has 0 fully saturated rings. The van der Waals surface area contributed by atoms with Crippen molar-refractivity contribution < 1.29 is 13.2 Å². The zero-order valence-corrected chi connectivity index (χ0v) is 16.1. The molecular weight excluding hydrogens is 388 g/mol. The van der Waals surface area contributed by atoms with Crippen molar-refractivity contribution in [3.8, 4) is 0 Å². The van der Waals surface area contributed by atoms with E-state index < -0.39 is 15.9 Å². The number of carbonyl (C=O) groups is 1. The third-order valence-electron chi connectivity index (χ3n) is 4.41. The summed E-state index contributed by atoms with van der Waals surface area (Å²) in [6.07, 6.45) is 1.66. The first kappa shape index (κ1) is 18.9. The van der Waals surface area contributed by atoms with Crippen molar-refractivity contribution in [2.75, 3.05) is 5.32 Å². The van der Waals surface area contributed by atoms with Gasteiger partial charge in [0.05, 0.1) is 16.6 Å². The maximum atomic E-state index is 12.6. The Balaban J connectivity index is 1.50. The molecule has 3 aromatic carbocycles. The molecular formula is C21H18N4O3S. The molecule has 0 spiro atoms. The molecule has 0 atom stereocenters. The predicted octanol–water partition coefficient (Wildman–Crippen LogP) is 3.29. The number of benzene rings is 3. The van der Waals surface area contributed by atoms with Crippen molar-refractivity contribution >= 4 is 32.5 Å². The number of nitrogens with zero attached hydrogens (tertiary/aromatic N) is 1. The summed E-state index contributed by atoms with van der Waals surface area (Å²) in [5, 5.41) is 10.4. The van der Waals surface area contributed by atoms with Crippen molar-refractivity contribution in [2.45, 2.75) is 11.4 Å². The lowest BCUT2D eigenvalue weighted by Gasteiger charge is -2.09. The standard InChI is InChI=1S/C21H18N4O3S/c26-21(24-18-9-10-20-17(11-18)14-22-25-20)16-7-4-8-19(12-16)29(27,28)23-13-15-5-2-1-3-6-15/h1-12,14,23H,13H2,(H,22,25)(H,24,26). The summed E-state index contributed by atoms with van der Waals surface area (Å²) in [6, 6.07) is 20.5. The molecule has 8 heteroatoms. The van der Waals surface area contributed by atoms with Crippen molar-refractivity contribution in [3.63, 3.8) is 0 Å². The number of hydrogen-bond acceptors (Lipinski definition) is 4. The topological polar surface area (TPSA) is 104 Å². The largest absolute Gasteiger partial charge is 0.322 e. The van der Waals surface area contributed by atoms with E-state index in [9.17, 15) is 13.2 Å². The second kappa shape index (κ2) is 7.86. The van der Waals surface area contributed by atoms with Gasteiger partial charge in [-0.1, -0.05) is 36.4 Å². The van der Waals surface area contributed by atoms with Crippen LogP contribution in [-0.2, 0) is 16.6 Å². The second-order valence-electron chi connectivity index (χ2n) is 6.46. The lowest BCUT2D eigenvalue weighted by atomic mass is 10.2. The molecule has 4 rings (SSSR count). The van der Waals surface area contributed by atoms with Crippen LogP contribution in [0.5, 0.6) is 0 Å². The molecule has 29 heavy (non-hydrogen) atoms. The number of sulfonamides is 1. The van der Waals surface area contributed by atoms with Crippen LogP contribution in [-0.4, -0.2) is 24.5 Å². The third-order valence-corrected chi connectivity index (χ3v) is 5.81. The van der Waals surface area contributed by atoms with Crippen LogP contribution < -0.4 is 10.0 Å². The van der Waals surface area contributed by atoms with E-state index in [1.54, 1.807) is 30.5 Å². The van der Waals surface area contributed by atoms with Gasteiger partial charge >= 0.3 is 0 Å². The van der Waals surface area contributed by atoms with E-state index in [0.29, 0.717) is 5.69 Å². The third kappa shape index (κ3) is 4.34. The van der Waals surface area contributed by atoms with Crippen molar-refractivity contribution in [3.05, 3.63) is 90.1 Å². The van der Waals surface area contributed by atoms with Crippen LogP contribution in [0, 0.1) is 0 Å². The Hall–Kier alpha value is -3.49. The van der Waals surface area contributed by atoms with Gasteiger partial charge in [0, 0.05) is 23.2 Å². The summed E-state index contributed by atoms with van der Waals surface area (Å²) < 4.78 is 27.8. The Morgan fingerprint density at radius 3 is 2.62 bits per heavy atom. The number of rotatable bonds is 6. The van der Waals surface area contributed by atoms with Gasteiger partial charge in [-0.3, -0.25) is 9.89 Å². The number of nitrogens with one attached hydrogen (secondary N) is 3. The van der Waals surface area contributed by atoms with Crippen LogP contribution in [0.25, 0.3) is 10.9 Å². The maximum absolute atomic E-state index is 12.6. The van der Waals surface area contributed by atoms with E-state index in [4.69, 9.17) is 0 Å². The van der Waals surface area contributed by atoms with Gasteiger partial charge in [0.1, 0.15) is 0 Å². The minimum Gasteiger partial charge on any atom is -0.322 e. The summed E-state index contributed by atoms with van der Waals surface area (Å²) in [7, 11) is -3.75. The molecule has 7 nitrogen and oxygen atoms in total. The van der Waals surface area contributed by atoms with Gasteiger partial charge in [0.25, 0.3) is 5.91 Å². The molecule has 1 amide bonds. The number of amides is 1. The summed E-state index contributed by atoms with van der Waals surface area (Å²) in [5.74, 6) is -0.395. The lowest BCUT2D eigenvalue weighted by Crippen LogP contribution is -2.23. The van der Waals surface area contributed by atoms with Gasteiger partial charge < -0.3 is 5.32 Å². The molecule has 0 aliphatic rings. The van der Waals surface area contributed by atoms with E-state index in [2.05, 4.69) is 20.2 Å². The fraction of sp³-hybridized carbons (Fsp3) is 0.0476. The van der Waals surface area contributed by atoms with Crippen molar-refractivity contribution in [2.24, 2.45) is 0 Å². The van der Waals surface area contributed by atoms with E-state index in [0.717, 1.165) is 16.5 Å². The van der Waals surface area contributed by atoms with Crippen LogP contribution in [0.1, 0.15) is 15.9 Å². The number of anilines is 1. The first-order valence-corrected chi connectivity index (χ1v) is 10.4. The molecule has 0 radical (unpaired) electrons. The fourth-order valence-electron chi connectivity index (χ4n) is 2.89. The lowest BCUT2D eigenvalue weighted by molar-refractivity contribution is 0.102. The zero-order chi connectivity index (χ0) is 20.3. The molecule has 1 heterocycles. The maximum Gasteiger partial charge on any atom is 0.255 e. The highest BCUT2D eigenvalue weighted by Gasteiger charge is 2.16. The number of carbonyl (C=O) groups excluding carboxylic acids is 1. The number of hydrogen-bond donors (Lipinski definition) is 3. The normalized spacial score (nSPS) is 11.4. The van der Waals surface area contributed by atoms with Crippen molar-refractivity contribution in [1.29, 1.82) is 0 Å². The van der Waals surface area contributed by atoms with E-state index in [1.807, 2.05) is 36.4 Å². The molecule has 0 aliphatic carbocycles. The molecule has 1 aromatic heterocycles. The Morgan fingerprint density at radius 1 is 0.966 bits per heavy atom. The minimum atomic E-state index is -3.75. The molecule has 0 aliphatic heterocycles. The van der Waals surface area contributed by atoms with Gasteiger partial charge in [-0.2, -0.15) is 5.10 Å². The molecule has 0 unspecified atom stereocenters. The van der Waals surface area contributed by atoms with E-state index in [-0.39, 0.29) is 17.0 Å². The first-order chi connectivity index (χ1) is 14.0. The van der Waals surface area contributed by atoms with Gasteiger partial charge in [-0.05, 0) is 42.0 Å². The van der Waals surface area contributed by atoms with E-state index >= 15 is 0 Å². The molecule has 146 valence electrons. The molecule has 0 bridgehead atoms. The summed E-state index contributed by atoms with van der Waals surface area (Å²) in [5.41, 5.74) is 2.56. The number of aromatic amines is 1. The van der Waals surface area contributed by atoms with Crippen LogP contribution >= 0.6 is 0 Å². The molecule has 3 N–H and O–H groups in total. The van der Waals surface area contributed by atoms with Crippen LogP contribution in [0.15, 0.2) is 83.9 Å². The Morgan fingerprint density at radius 2 is 1.79 bits per heavy atom. The number of aromatic nitrogens is 2. The molecule has 0 saturated carbocycles. The smallest absolute Gasteiger partial charge is 0.255 e. The van der Waals surface area contributed by atoms with Crippen LogP contribution in [0.3, 0.4) is 0 Å². The molecule has 4 aromatic rings. The highest BCUT2D eigenvalue weighted by atomic mass is 32.2. The summed E-state index contributed by atoms with van der Waals surface area (Å²) in [4.78, 5) is 12.6. The Bertz CT molecular complexity index is 1270. The van der Waals surface area contributed by atoms with E-state index in [1.165, 1.54) is 12.1 Å². The van der Waals surface area contributed by atoms with Gasteiger partial charge in [-0.25, -0.2) is 13.1 Å². The van der Waals surface area contributed by atoms with Gasteiger partial charge in [0.2, 0.25) is 10.0 Å². The predicted molar refractivity (Wildman–Crippen MR) is 111 cm³/mol. The second-order valence-corrected chi connectivity index (χ2v) is 8.23. The first-order valence-electron chi connectivity index (χ1n) is 8.89. The average molecular weight is 406 g/mol. The average Bonchev–Trinajstić information content (AvgIpc) is 3.21. The monoisotopic (exact) mass is 406 g/mol. The zero-order valence-electron chi connectivity index (χ0n) is 15.3. The van der Waals surface area contributed by atoms with Crippen LogP contribution in [0.4, 0.5) is 5.69 Å². The van der Waals surface area contributed by atoms with Crippen LogP contribution in [0.2, 0.25) is 0 Å². The van der Waals surface area contributed by atoms with Gasteiger partial charge in [0.15, 0.2) is 0 Å². The quantitative estimate of drug-likeness (QED) is 0.457. The van der Waals surface area contributed by atoms with Crippen molar-refractivity contribution in [1.82, 2.24) is 14.9 Å². The number of fused-ring (bicyclic) bond motifs is 1. The summed E-state index contributed by atoms with van der Waals surface area (Å²) in [6.45, 7) is 0.171. The molecule has 0 saturated heterocycles. The highest BCUT2D eigenvalue weighted by Crippen LogP contribution is 2.18. The Kier molecular flexibility index (Phi) is 5.11.